The Morgan fingerprint density at radius 2 is 1.72 bits per heavy atom. The number of nitrogens with zero attached hydrogens (tertiary/aromatic N) is 2. The lowest BCUT2D eigenvalue weighted by molar-refractivity contribution is -0.153. The van der Waals surface area contributed by atoms with Crippen LogP contribution in [0.1, 0.15) is 74.5 Å². The van der Waals surface area contributed by atoms with Crippen molar-refractivity contribution in [1.82, 2.24) is 9.80 Å². The van der Waals surface area contributed by atoms with Gasteiger partial charge >= 0.3 is 0 Å². The molecule has 4 aliphatic rings. The number of benzene rings is 1. The highest BCUT2D eigenvalue weighted by Crippen LogP contribution is 2.51. The average Bonchev–Trinajstić information content (AvgIpc) is 3.41. The maximum absolute atomic E-state index is 12.6. The molecular formula is C25H34Cl2N2O3. The second-order valence-electron chi connectivity index (χ2n) is 10.2. The monoisotopic (exact) mass is 480 g/mol. The van der Waals surface area contributed by atoms with E-state index in [1.807, 2.05) is 6.07 Å². The number of hydrogen-bond acceptors (Lipinski definition) is 4. The van der Waals surface area contributed by atoms with Crippen LogP contribution in [0.5, 0.6) is 0 Å². The van der Waals surface area contributed by atoms with Crippen LogP contribution in [0.2, 0.25) is 5.02 Å². The predicted octanol–water partition coefficient (Wildman–Crippen LogP) is 4.97. The van der Waals surface area contributed by atoms with E-state index in [1.165, 1.54) is 24.0 Å². The van der Waals surface area contributed by atoms with E-state index in [0.717, 1.165) is 50.3 Å². The molecule has 1 aromatic rings. The smallest absolute Gasteiger partial charge is 0.229 e. The van der Waals surface area contributed by atoms with Crippen LogP contribution >= 0.6 is 24.0 Å². The van der Waals surface area contributed by atoms with Crippen LogP contribution in [0.25, 0.3) is 0 Å². The molecular weight excluding hydrogens is 447 g/mol. The van der Waals surface area contributed by atoms with Crippen LogP contribution in [0, 0.1) is 11.3 Å². The number of piperidine rings is 1. The number of carbonyl (C=O) groups is 2. The molecule has 32 heavy (non-hydrogen) atoms. The van der Waals surface area contributed by atoms with Gasteiger partial charge in [-0.2, -0.15) is 0 Å². The highest BCUT2D eigenvalue weighted by atomic mass is 35.5. The molecule has 2 heterocycles. The molecule has 1 aromatic carbocycles. The van der Waals surface area contributed by atoms with Crippen LogP contribution in [-0.2, 0) is 14.3 Å². The van der Waals surface area contributed by atoms with Crippen LogP contribution in [0.4, 0.5) is 0 Å². The molecule has 0 radical (unpaired) electrons. The number of likely N-dealkylation sites (tertiary alicyclic amines) is 2. The zero-order chi connectivity index (χ0) is 21.6. The standard InChI is InChI=1S/C25H33ClN2O3.ClH/c1-31-24-18-7-6-17(26)12-19(18)20-15-27(16-21(20)24)10-4-5-11-28-22(29)13-25(14-23(28)30)8-2-3-9-25;/h6-7,12,20-21,24H,2-5,8-11,13-16H2,1H3;1H. The van der Waals surface area contributed by atoms with E-state index < -0.39 is 0 Å². The number of methoxy groups -OCH3 is 1. The third-order valence-corrected chi connectivity index (χ3v) is 8.50. The highest BCUT2D eigenvalue weighted by Gasteiger charge is 2.47. The van der Waals surface area contributed by atoms with Gasteiger partial charge in [-0.05, 0) is 60.9 Å². The maximum Gasteiger partial charge on any atom is 0.229 e. The molecule has 5 nitrogen and oxygen atoms in total. The zero-order valence-electron chi connectivity index (χ0n) is 18.9. The second kappa shape index (κ2) is 9.61. The Kier molecular flexibility index (Phi) is 7.21. The Balaban J connectivity index is 0.00000245. The Morgan fingerprint density at radius 3 is 2.41 bits per heavy atom. The first-order valence-electron chi connectivity index (χ1n) is 11.9. The van der Waals surface area contributed by atoms with E-state index in [1.54, 1.807) is 12.0 Å². The van der Waals surface area contributed by atoms with Crippen molar-refractivity contribution in [2.45, 2.75) is 63.4 Å². The minimum Gasteiger partial charge on any atom is -0.376 e. The SMILES string of the molecule is COC1c2ccc(Cl)cc2C2CN(CCCCN3C(=O)CC4(CCCC4)CC3=O)CC21.Cl. The topological polar surface area (TPSA) is 49.9 Å². The molecule has 0 aromatic heterocycles. The minimum atomic E-state index is -0.00488. The Morgan fingerprint density at radius 1 is 1.03 bits per heavy atom. The van der Waals surface area contributed by atoms with Crippen LogP contribution < -0.4 is 0 Å². The fraction of sp³-hybridized carbons (Fsp3) is 0.680. The van der Waals surface area contributed by atoms with Gasteiger partial charge in [-0.15, -0.1) is 12.4 Å². The molecule has 0 N–H and O–H groups in total. The number of unbranched alkanes of at least 4 members (excludes halogenated alkanes) is 1. The Bertz CT molecular complexity index is 851. The summed E-state index contributed by atoms with van der Waals surface area (Å²) in [4.78, 5) is 29.3. The van der Waals surface area contributed by atoms with Crippen LogP contribution in [-0.4, -0.2) is 54.9 Å². The summed E-state index contributed by atoms with van der Waals surface area (Å²) in [5, 5.41) is 0.794. The summed E-state index contributed by atoms with van der Waals surface area (Å²) < 4.78 is 5.86. The van der Waals surface area contributed by atoms with E-state index in [9.17, 15) is 9.59 Å². The first-order valence-corrected chi connectivity index (χ1v) is 12.3. The largest absolute Gasteiger partial charge is 0.376 e. The molecule has 2 aliphatic carbocycles. The van der Waals surface area contributed by atoms with Crippen molar-refractivity contribution in [2.24, 2.45) is 11.3 Å². The number of amides is 2. The van der Waals surface area contributed by atoms with Gasteiger partial charge in [0.05, 0.1) is 6.10 Å². The Labute approximate surface area is 202 Å². The third kappa shape index (κ3) is 4.34. The fourth-order valence-electron chi connectivity index (χ4n) is 6.76. The van der Waals surface area contributed by atoms with E-state index in [4.69, 9.17) is 16.3 Å². The summed E-state index contributed by atoms with van der Waals surface area (Å²) in [6.45, 7) is 3.63. The van der Waals surface area contributed by atoms with Gasteiger partial charge in [0.25, 0.3) is 0 Å². The first-order chi connectivity index (χ1) is 15.0. The van der Waals surface area contributed by atoms with Crippen molar-refractivity contribution in [1.29, 1.82) is 0 Å². The van der Waals surface area contributed by atoms with Gasteiger partial charge in [-0.25, -0.2) is 0 Å². The van der Waals surface area contributed by atoms with E-state index in [2.05, 4.69) is 17.0 Å². The van der Waals surface area contributed by atoms with Gasteiger partial charge in [-0.3, -0.25) is 14.5 Å². The number of halogens is 2. The lowest BCUT2D eigenvalue weighted by atomic mass is 9.76. The molecule has 0 bridgehead atoms. The van der Waals surface area contributed by atoms with Gasteiger partial charge < -0.3 is 9.64 Å². The molecule has 1 spiro atoms. The Hall–Kier alpha value is -1.14. The van der Waals surface area contributed by atoms with Gasteiger partial charge in [0.15, 0.2) is 0 Å². The van der Waals surface area contributed by atoms with Crippen molar-refractivity contribution in [3.8, 4) is 0 Å². The zero-order valence-corrected chi connectivity index (χ0v) is 20.4. The highest BCUT2D eigenvalue weighted by molar-refractivity contribution is 6.30. The lowest BCUT2D eigenvalue weighted by Gasteiger charge is -2.37. The number of fused-ring (bicyclic) bond motifs is 3. The summed E-state index contributed by atoms with van der Waals surface area (Å²) in [5.41, 5.74) is 2.63. The fourth-order valence-corrected chi connectivity index (χ4v) is 6.94. The molecule has 3 fully saturated rings. The normalized spacial score (nSPS) is 28.8. The van der Waals surface area contributed by atoms with Crippen molar-refractivity contribution >= 4 is 35.8 Å². The molecule has 2 aliphatic heterocycles. The van der Waals surface area contributed by atoms with Crippen molar-refractivity contribution in [3.63, 3.8) is 0 Å². The average molecular weight is 481 g/mol. The maximum atomic E-state index is 12.6. The number of imide groups is 1. The van der Waals surface area contributed by atoms with Crippen molar-refractivity contribution in [2.75, 3.05) is 33.3 Å². The second-order valence-corrected chi connectivity index (χ2v) is 10.6. The molecule has 3 atom stereocenters. The lowest BCUT2D eigenvalue weighted by Crippen LogP contribution is -2.47. The molecule has 7 heteroatoms. The number of ether oxygens (including phenoxy) is 1. The number of carbonyl (C=O) groups excluding carboxylic acids is 2. The predicted molar refractivity (Wildman–Crippen MR) is 127 cm³/mol. The molecule has 2 amide bonds. The quantitative estimate of drug-likeness (QED) is 0.426. The third-order valence-electron chi connectivity index (χ3n) is 8.26. The van der Waals surface area contributed by atoms with Crippen molar-refractivity contribution in [3.05, 3.63) is 34.3 Å². The molecule has 5 rings (SSSR count). The van der Waals surface area contributed by atoms with Crippen LogP contribution in [0.3, 0.4) is 0 Å². The minimum absolute atomic E-state index is 0. The number of rotatable bonds is 6. The summed E-state index contributed by atoms with van der Waals surface area (Å²) >= 11 is 6.27. The van der Waals surface area contributed by atoms with E-state index >= 15 is 0 Å². The summed E-state index contributed by atoms with van der Waals surface area (Å²) in [6, 6.07) is 6.20. The molecule has 1 saturated carbocycles. The van der Waals surface area contributed by atoms with Gasteiger partial charge in [-0.1, -0.05) is 30.5 Å². The van der Waals surface area contributed by atoms with Gasteiger partial charge in [0.2, 0.25) is 11.8 Å². The molecule has 2 saturated heterocycles. The van der Waals surface area contributed by atoms with E-state index in [-0.39, 0.29) is 35.7 Å². The summed E-state index contributed by atoms with van der Waals surface area (Å²) in [7, 11) is 1.80. The molecule has 3 unspecified atom stereocenters. The van der Waals surface area contributed by atoms with E-state index in [0.29, 0.717) is 31.2 Å². The first kappa shape index (κ1) is 24.0. The van der Waals surface area contributed by atoms with Gasteiger partial charge in [0.1, 0.15) is 0 Å². The molecule has 176 valence electrons. The van der Waals surface area contributed by atoms with Gasteiger partial charge in [0, 0.05) is 56.4 Å². The van der Waals surface area contributed by atoms with Crippen LogP contribution in [0.15, 0.2) is 18.2 Å². The summed E-state index contributed by atoms with van der Waals surface area (Å²) in [6.07, 6.45) is 7.61. The number of hydrogen-bond donors (Lipinski definition) is 0. The van der Waals surface area contributed by atoms with Crippen molar-refractivity contribution < 1.29 is 14.3 Å². The summed E-state index contributed by atoms with van der Waals surface area (Å²) in [5.74, 6) is 1.08.